The van der Waals surface area contributed by atoms with Crippen LogP contribution in [0, 0.1) is 28.6 Å². The molecule has 6 aliphatic carbocycles. The molecule has 0 N–H and O–H groups in total. The second-order valence-corrected chi connectivity index (χ2v) is 5.21. The van der Waals surface area contributed by atoms with E-state index >= 15 is 0 Å². The van der Waals surface area contributed by atoms with Gasteiger partial charge in [-0.15, -0.1) is 0 Å². The Morgan fingerprint density at radius 2 is 2.11 bits per heavy atom. The van der Waals surface area contributed by atoms with Gasteiger partial charge < -0.3 is 0 Å². The van der Waals surface area contributed by atoms with Gasteiger partial charge in [-0.2, -0.15) is 0 Å². The first-order chi connectivity index (χ1) is 4.26. The Labute approximate surface area is 55.6 Å². The molecular weight excluding hydrogens is 108 g/mol. The minimum absolute atomic E-state index is 0.870. The lowest BCUT2D eigenvalue weighted by Gasteiger charge is -2.29. The van der Waals surface area contributed by atoms with Crippen LogP contribution < -0.4 is 0 Å². The average Bonchev–Trinajstić information content (AvgIpc) is 2.08. The molecule has 6 saturated carbocycles. The van der Waals surface area contributed by atoms with Crippen LogP contribution in [0.2, 0.25) is 0 Å². The monoisotopic (exact) mass is 120 g/mol. The van der Waals surface area contributed by atoms with Gasteiger partial charge >= 0.3 is 0 Å². The highest BCUT2D eigenvalue weighted by atomic mass is 14.9. The van der Waals surface area contributed by atoms with Gasteiger partial charge in [0.05, 0.1) is 0 Å². The maximum atomic E-state index is 2.53. The van der Waals surface area contributed by atoms with Crippen molar-refractivity contribution in [3.63, 3.8) is 0 Å². The largest absolute Gasteiger partial charge is 0.0593 e. The molecule has 0 aliphatic heterocycles. The Bertz CT molecular complexity index is 214. The zero-order valence-corrected chi connectivity index (χ0v) is 5.85. The molecule has 6 aliphatic rings. The summed E-state index contributed by atoms with van der Waals surface area (Å²) >= 11 is 0. The van der Waals surface area contributed by atoms with Crippen LogP contribution in [0.1, 0.15) is 26.2 Å². The Hall–Kier alpha value is 0. The van der Waals surface area contributed by atoms with Gasteiger partial charge in [0.1, 0.15) is 0 Å². The molecule has 1 spiro atoms. The van der Waals surface area contributed by atoms with Crippen LogP contribution in [-0.4, -0.2) is 0 Å². The second-order valence-electron chi connectivity index (χ2n) is 5.21. The molecule has 0 saturated heterocycles. The summed E-state index contributed by atoms with van der Waals surface area (Å²) in [7, 11) is 0. The van der Waals surface area contributed by atoms with Gasteiger partial charge in [-0.3, -0.25) is 0 Å². The third-order valence-corrected chi connectivity index (χ3v) is 5.07. The molecular formula is C9H12. The quantitative estimate of drug-likeness (QED) is 0.459. The van der Waals surface area contributed by atoms with Crippen molar-refractivity contribution in [3.8, 4) is 0 Å². The summed E-state index contributed by atoms with van der Waals surface area (Å²) < 4.78 is 0. The van der Waals surface area contributed by atoms with Gasteiger partial charge in [0, 0.05) is 0 Å². The van der Waals surface area contributed by atoms with Crippen molar-refractivity contribution in [1.29, 1.82) is 0 Å². The lowest BCUT2D eigenvalue weighted by Crippen LogP contribution is -2.22. The van der Waals surface area contributed by atoms with Crippen LogP contribution in [0.25, 0.3) is 0 Å². The molecule has 5 atom stereocenters. The van der Waals surface area contributed by atoms with E-state index in [4.69, 9.17) is 0 Å². The molecule has 0 amide bonds. The van der Waals surface area contributed by atoms with E-state index in [1.807, 2.05) is 0 Å². The standard InChI is InChI=1S/C9H12/c1-8-2-6-7-5(8)3-9(6,7)4-8/h5-7H,2-4H2,1H3/t5?,6-,7?,8+,9-/m1/s1. The summed E-state index contributed by atoms with van der Waals surface area (Å²) in [6.45, 7) is 2.53. The first-order valence-corrected chi connectivity index (χ1v) is 4.26. The molecule has 5 bridgehead atoms. The topological polar surface area (TPSA) is 0 Å². The van der Waals surface area contributed by atoms with Crippen molar-refractivity contribution in [3.05, 3.63) is 0 Å². The van der Waals surface area contributed by atoms with Crippen molar-refractivity contribution in [2.45, 2.75) is 26.2 Å². The van der Waals surface area contributed by atoms with Gasteiger partial charge in [0.25, 0.3) is 0 Å². The fraction of sp³-hybridized carbons (Fsp3) is 1.00. The molecule has 0 aromatic carbocycles. The third kappa shape index (κ3) is 0.180. The SMILES string of the molecule is C[C@@]12C[C@@H]3C4C1C[C@]43C2. The van der Waals surface area contributed by atoms with E-state index in [1.54, 1.807) is 19.3 Å². The average molecular weight is 120 g/mol. The van der Waals surface area contributed by atoms with Crippen LogP contribution in [-0.2, 0) is 0 Å². The summed E-state index contributed by atoms with van der Waals surface area (Å²) in [5.74, 6) is 3.72. The van der Waals surface area contributed by atoms with Gasteiger partial charge in [0.15, 0.2) is 0 Å². The molecule has 48 valence electrons. The zero-order valence-electron chi connectivity index (χ0n) is 5.85. The highest BCUT2D eigenvalue weighted by Crippen LogP contribution is 2.96. The molecule has 2 unspecified atom stereocenters. The van der Waals surface area contributed by atoms with E-state index in [0.29, 0.717) is 0 Å². The van der Waals surface area contributed by atoms with Gasteiger partial charge in [-0.25, -0.2) is 0 Å². The normalized spacial score (nSPS) is 87.0. The first-order valence-electron chi connectivity index (χ1n) is 4.26. The van der Waals surface area contributed by atoms with Crippen LogP contribution in [0.15, 0.2) is 0 Å². The van der Waals surface area contributed by atoms with Crippen LogP contribution in [0.3, 0.4) is 0 Å². The summed E-state index contributed by atoms with van der Waals surface area (Å²) in [4.78, 5) is 0. The third-order valence-electron chi connectivity index (χ3n) is 5.07. The van der Waals surface area contributed by atoms with E-state index in [1.165, 1.54) is 17.8 Å². The molecule has 0 nitrogen and oxygen atoms in total. The van der Waals surface area contributed by atoms with Crippen molar-refractivity contribution in [1.82, 2.24) is 0 Å². The molecule has 0 aromatic heterocycles. The summed E-state index contributed by atoms with van der Waals surface area (Å²) in [6.07, 6.45) is 4.88. The smallest absolute Gasteiger partial charge is 0.0224 e. The fourth-order valence-corrected chi connectivity index (χ4v) is 4.90. The molecule has 6 fully saturated rings. The van der Waals surface area contributed by atoms with Crippen LogP contribution in [0.4, 0.5) is 0 Å². The Morgan fingerprint density at radius 3 is 2.22 bits per heavy atom. The molecule has 0 radical (unpaired) electrons. The Kier molecular flexibility index (Phi) is 0.302. The van der Waals surface area contributed by atoms with E-state index in [0.717, 1.165) is 10.8 Å². The van der Waals surface area contributed by atoms with Crippen molar-refractivity contribution in [2.24, 2.45) is 28.6 Å². The van der Waals surface area contributed by atoms with Crippen LogP contribution in [0.5, 0.6) is 0 Å². The summed E-state index contributed by atoms with van der Waals surface area (Å²) in [6, 6.07) is 0. The maximum Gasteiger partial charge on any atom is -0.0224 e. The molecule has 0 heterocycles. The molecule has 0 heteroatoms. The van der Waals surface area contributed by atoms with Crippen LogP contribution >= 0.6 is 0 Å². The summed E-state index contributed by atoms with van der Waals surface area (Å²) in [5.41, 5.74) is 1.87. The predicted octanol–water partition coefficient (Wildman–Crippen LogP) is 2.05. The van der Waals surface area contributed by atoms with Crippen molar-refractivity contribution >= 4 is 0 Å². The number of hydrogen-bond acceptors (Lipinski definition) is 0. The van der Waals surface area contributed by atoms with Crippen molar-refractivity contribution in [2.75, 3.05) is 0 Å². The Morgan fingerprint density at radius 1 is 1.22 bits per heavy atom. The molecule has 6 rings (SSSR count). The fourth-order valence-electron chi connectivity index (χ4n) is 4.90. The number of rotatable bonds is 0. The maximum absolute atomic E-state index is 2.53. The van der Waals surface area contributed by atoms with Gasteiger partial charge in [-0.1, -0.05) is 6.92 Å². The van der Waals surface area contributed by atoms with Crippen molar-refractivity contribution < 1.29 is 0 Å². The first kappa shape index (κ1) is 4.00. The summed E-state index contributed by atoms with van der Waals surface area (Å²) in [5, 5.41) is 0. The molecule has 0 aromatic rings. The second kappa shape index (κ2) is 0.681. The lowest BCUT2D eigenvalue weighted by atomic mass is 9.76. The minimum Gasteiger partial charge on any atom is -0.0593 e. The zero-order chi connectivity index (χ0) is 5.85. The minimum atomic E-state index is 0.870. The van der Waals surface area contributed by atoms with E-state index in [-0.39, 0.29) is 0 Å². The van der Waals surface area contributed by atoms with E-state index < -0.39 is 0 Å². The highest BCUT2D eigenvalue weighted by molar-refractivity contribution is 5.37. The Balaban J connectivity index is 2.10. The predicted molar refractivity (Wildman–Crippen MR) is 34.9 cm³/mol. The lowest BCUT2D eigenvalue weighted by molar-refractivity contribution is 0.197. The molecule has 9 heavy (non-hydrogen) atoms. The van der Waals surface area contributed by atoms with Gasteiger partial charge in [-0.05, 0) is 47.8 Å². The van der Waals surface area contributed by atoms with E-state index in [2.05, 4.69) is 6.92 Å². The number of hydrogen-bond donors (Lipinski definition) is 0. The van der Waals surface area contributed by atoms with E-state index in [9.17, 15) is 0 Å². The van der Waals surface area contributed by atoms with Gasteiger partial charge in [0.2, 0.25) is 0 Å². The highest BCUT2D eigenvalue weighted by Gasteiger charge is 2.89.